The Kier molecular flexibility index (Phi) is 6.07. The molecule has 2 amide bonds. The maximum absolute atomic E-state index is 12.3. The lowest BCUT2D eigenvalue weighted by Gasteiger charge is -2.19. The Morgan fingerprint density at radius 2 is 2.09 bits per heavy atom. The predicted molar refractivity (Wildman–Crippen MR) is 92.4 cm³/mol. The summed E-state index contributed by atoms with van der Waals surface area (Å²) in [5.41, 5.74) is 1.29. The van der Waals surface area contributed by atoms with Crippen LogP contribution in [-0.2, 0) is 6.54 Å². The molecule has 0 unspecified atom stereocenters. The highest BCUT2D eigenvalue weighted by molar-refractivity contribution is 6.42. The number of anilines is 1. The van der Waals surface area contributed by atoms with Gasteiger partial charge >= 0.3 is 6.03 Å². The lowest BCUT2D eigenvalue weighted by Crippen LogP contribution is -2.31. The SMILES string of the molecule is CCOc1ncccc1NC(=O)N(C)Cc1cccc(Cl)c1Cl. The number of amides is 2. The van der Waals surface area contributed by atoms with Crippen LogP contribution in [0.15, 0.2) is 36.5 Å². The third-order valence-electron chi connectivity index (χ3n) is 3.08. The molecule has 0 saturated carbocycles. The summed E-state index contributed by atoms with van der Waals surface area (Å²) < 4.78 is 5.39. The number of rotatable bonds is 5. The van der Waals surface area contributed by atoms with Gasteiger partial charge in [0, 0.05) is 19.8 Å². The molecule has 0 aliphatic heterocycles. The number of aromatic nitrogens is 1. The standard InChI is InChI=1S/C16H17Cl2N3O2/c1-3-23-15-13(8-5-9-19-15)20-16(22)21(2)10-11-6-4-7-12(17)14(11)18/h4-9H,3,10H2,1-2H3,(H,20,22). The maximum Gasteiger partial charge on any atom is 0.322 e. The Balaban J connectivity index is 2.07. The second-order valence-electron chi connectivity index (χ2n) is 4.79. The van der Waals surface area contributed by atoms with Crippen LogP contribution in [0, 0.1) is 0 Å². The molecule has 0 bridgehead atoms. The first-order chi connectivity index (χ1) is 11.0. The fraction of sp³-hybridized carbons (Fsp3) is 0.250. The number of carbonyl (C=O) groups excluding carboxylic acids is 1. The highest BCUT2D eigenvalue weighted by atomic mass is 35.5. The van der Waals surface area contributed by atoms with E-state index in [0.717, 1.165) is 5.56 Å². The fourth-order valence-corrected chi connectivity index (χ4v) is 2.33. The van der Waals surface area contributed by atoms with Crippen molar-refractivity contribution in [3.05, 3.63) is 52.1 Å². The molecule has 0 saturated heterocycles. The van der Waals surface area contributed by atoms with Crippen molar-refractivity contribution in [3.8, 4) is 5.88 Å². The molecule has 1 aromatic carbocycles. The van der Waals surface area contributed by atoms with Gasteiger partial charge in [-0.2, -0.15) is 0 Å². The van der Waals surface area contributed by atoms with E-state index in [1.165, 1.54) is 4.90 Å². The monoisotopic (exact) mass is 353 g/mol. The Bertz CT molecular complexity index is 695. The van der Waals surface area contributed by atoms with Crippen LogP contribution >= 0.6 is 23.2 Å². The van der Waals surface area contributed by atoms with E-state index in [4.69, 9.17) is 27.9 Å². The first-order valence-corrected chi connectivity index (χ1v) is 7.81. The van der Waals surface area contributed by atoms with Gasteiger partial charge in [-0.15, -0.1) is 0 Å². The van der Waals surface area contributed by atoms with Crippen molar-refractivity contribution < 1.29 is 9.53 Å². The highest BCUT2D eigenvalue weighted by Gasteiger charge is 2.14. The van der Waals surface area contributed by atoms with Crippen LogP contribution in [-0.4, -0.2) is 29.6 Å². The average Bonchev–Trinajstić information content (AvgIpc) is 2.54. The molecule has 122 valence electrons. The van der Waals surface area contributed by atoms with Gasteiger partial charge in [-0.05, 0) is 30.7 Å². The lowest BCUT2D eigenvalue weighted by molar-refractivity contribution is 0.220. The second kappa shape index (κ2) is 8.04. The fourth-order valence-electron chi connectivity index (χ4n) is 1.95. The van der Waals surface area contributed by atoms with Crippen molar-refractivity contribution in [1.82, 2.24) is 9.88 Å². The molecule has 0 spiro atoms. The van der Waals surface area contributed by atoms with Gasteiger partial charge in [-0.3, -0.25) is 0 Å². The zero-order valence-corrected chi connectivity index (χ0v) is 14.4. The van der Waals surface area contributed by atoms with E-state index in [-0.39, 0.29) is 6.03 Å². The molecule has 23 heavy (non-hydrogen) atoms. The maximum atomic E-state index is 12.3. The number of pyridine rings is 1. The van der Waals surface area contributed by atoms with E-state index < -0.39 is 0 Å². The molecule has 2 aromatic rings. The summed E-state index contributed by atoms with van der Waals surface area (Å²) in [6, 6.07) is 8.49. The molecule has 0 atom stereocenters. The van der Waals surface area contributed by atoms with Crippen molar-refractivity contribution in [2.75, 3.05) is 19.0 Å². The van der Waals surface area contributed by atoms with E-state index >= 15 is 0 Å². The average molecular weight is 354 g/mol. The van der Waals surface area contributed by atoms with Crippen molar-refractivity contribution in [2.24, 2.45) is 0 Å². The van der Waals surface area contributed by atoms with Crippen molar-refractivity contribution in [3.63, 3.8) is 0 Å². The predicted octanol–water partition coefficient (Wildman–Crippen LogP) is 4.45. The van der Waals surface area contributed by atoms with Crippen LogP contribution in [0.2, 0.25) is 10.0 Å². The van der Waals surface area contributed by atoms with E-state index in [1.807, 2.05) is 13.0 Å². The molecule has 1 N–H and O–H groups in total. The molecular formula is C16H17Cl2N3O2. The van der Waals surface area contributed by atoms with E-state index in [0.29, 0.717) is 34.8 Å². The van der Waals surface area contributed by atoms with Gasteiger partial charge in [0.2, 0.25) is 5.88 Å². The van der Waals surface area contributed by atoms with Crippen molar-refractivity contribution in [2.45, 2.75) is 13.5 Å². The largest absolute Gasteiger partial charge is 0.476 e. The normalized spacial score (nSPS) is 10.3. The molecule has 7 heteroatoms. The lowest BCUT2D eigenvalue weighted by atomic mass is 10.2. The number of halogens is 2. The molecule has 0 fully saturated rings. The van der Waals surface area contributed by atoms with Gasteiger partial charge in [-0.25, -0.2) is 9.78 Å². The summed E-state index contributed by atoms with van der Waals surface area (Å²) in [6.07, 6.45) is 1.61. The number of nitrogens with one attached hydrogen (secondary N) is 1. The smallest absolute Gasteiger partial charge is 0.322 e. The summed E-state index contributed by atoms with van der Waals surface area (Å²) >= 11 is 12.1. The zero-order valence-electron chi connectivity index (χ0n) is 12.8. The Labute approximate surface area is 145 Å². The van der Waals surface area contributed by atoms with Crippen LogP contribution in [0.1, 0.15) is 12.5 Å². The summed E-state index contributed by atoms with van der Waals surface area (Å²) in [5.74, 6) is 0.387. The molecule has 1 aromatic heterocycles. The molecule has 2 rings (SSSR count). The number of hydrogen-bond donors (Lipinski definition) is 1. The number of carbonyl (C=O) groups is 1. The minimum atomic E-state index is -0.296. The molecule has 0 aliphatic rings. The summed E-state index contributed by atoms with van der Waals surface area (Å²) in [4.78, 5) is 17.9. The van der Waals surface area contributed by atoms with E-state index in [1.54, 1.807) is 37.5 Å². The number of benzene rings is 1. The topological polar surface area (TPSA) is 54.5 Å². The summed E-state index contributed by atoms with van der Waals surface area (Å²) in [5, 5.41) is 3.68. The van der Waals surface area contributed by atoms with Gasteiger partial charge in [0.15, 0.2) is 0 Å². The highest BCUT2D eigenvalue weighted by Crippen LogP contribution is 2.26. The van der Waals surface area contributed by atoms with Crippen LogP contribution < -0.4 is 10.1 Å². The first-order valence-electron chi connectivity index (χ1n) is 7.05. The summed E-state index contributed by atoms with van der Waals surface area (Å²) in [6.45, 7) is 2.65. The van der Waals surface area contributed by atoms with Gasteiger partial charge < -0.3 is 15.0 Å². The van der Waals surface area contributed by atoms with Gasteiger partial charge in [0.05, 0.1) is 16.7 Å². The minimum absolute atomic E-state index is 0.296. The van der Waals surface area contributed by atoms with Crippen LogP contribution in [0.25, 0.3) is 0 Å². The third kappa shape index (κ3) is 4.50. The van der Waals surface area contributed by atoms with Crippen LogP contribution in [0.3, 0.4) is 0 Å². The van der Waals surface area contributed by atoms with Crippen molar-refractivity contribution >= 4 is 34.9 Å². The Morgan fingerprint density at radius 3 is 2.83 bits per heavy atom. The van der Waals surface area contributed by atoms with Crippen molar-refractivity contribution in [1.29, 1.82) is 0 Å². The minimum Gasteiger partial charge on any atom is -0.476 e. The van der Waals surface area contributed by atoms with E-state index in [9.17, 15) is 4.79 Å². The number of ether oxygens (including phenoxy) is 1. The van der Waals surface area contributed by atoms with Gasteiger partial charge in [0.1, 0.15) is 5.69 Å². The second-order valence-corrected chi connectivity index (χ2v) is 5.57. The molecule has 5 nitrogen and oxygen atoms in total. The van der Waals surface area contributed by atoms with Gasteiger partial charge in [-0.1, -0.05) is 35.3 Å². The number of hydrogen-bond acceptors (Lipinski definition) is 3. The molecule has 0 radical (unpaired) electrons. The molecule has 0 aliphatic carbocycles. The third-order valence-corrected chi connectivity index (χ3v) is 3.94. The van der Waals surface area contributed by atoms with E-state index in [2.05, 4.69) is 10.3 Å². The first kappa shape index (κ1) is 17.4. The Morgan fingerprint density at radius 1 is 1.30 bits per heavy atom. The van der Waals surface area contributed by atoms with Gasteiger partial charge in [0.25, 0.3) is 0 Å². The number of nitrogens with zero attached hydrogens (tertiary/aromatic N) is 2. The number of urea groups is 1. The zero-order chi connectivity index (χ0) is 16.8. The molecule has 1 heterocycles. The van der Waals surface area contributed by atoms with Crippen LogP contribution in [0.5, 0.6) is 5.88 Å². The summed E-state index contributed by atoms with van der Waals surface area (Å²) in [7, 11) is 1.67. The van der Waals surface area contributed by atoms with Crippen LogP contribution in [0.4, 0.5) is 10.5 Å². The Hall–Kier alpha value is -1.98. The quantitative estimate of drug-likeness (QED) is 0.863. The molecular weight excluding hydrogens is 337 g/mol.